The zero-order valence-electron chi connectivity index (χ0n) is 8.94. The van der Waals surface area contributed by atoms with Gasteiger partial charge in [-0.1, -0.05) is 6.07 Å². The van der Waals surface area contributed by atoms with E-state index in [0.717, 1.165) is 0 Å². The number of aromatic nitrogens is 1. The van der Waals surface area contributed by atoms with Crippen molar-refractivity contribution < 1.29 is 27.9 Å². The molecule has 0 aliphatic rings. The van der Waals surface area contributed by atoms with Crippen molar-refractivity contribution in [3.05, 3.63) is 30.1 Å². The third-order valence-electron chi connectivity index (χ3n) is 2.02. The summed E-state index contributed by atoms with van der Waals surface area (Å²) in [4.78, 5) is 25.1. The van der Waals surface area contributed by atoms with Crippen LogP contribution in [-0.2, 0) is 16.0 Å². The van der Waals surface area contributed by atoms with Gasteiger partial charge >= 0.3 is 18.1 Å². The molecule has 0 aromatic carbocycles. The second kappa shape index (κ2) is 5.48. The number of carboxylic acid groups (broad SMARTS) is 1. The van der Waals surface area contributed by atoms with Gasteiger partial charge in [-0.15, -0.1) is 0 Å². The van der Waals surface area contributed by atoms with Gasteiger partial charge in [0.05, 0.1) is 0 Å². The summed E-state index contributed by atoms with van der Waals surface area (Å²) in [6, 6.07) is 1.37. The SMILES string of the molecule is O=C(O)[C@@H](Cc1cccnc1)NC(=O)C(F)(F)F. The fourth-order valence-corrected chi connectivity index (χ4v) is 1.19. The molecule has 0 aliphatic carbocycles. The average Bonchev–Trinajstić information content (AvgIpc) is 2.28. The van der Waals surface area contributed by atoms with E-state index in [9.17, 15) is 22.8 Å². The molecule has 1 heterocycles. The van der Waals surface area contributed by atoms with Crippen molar-refractivity contribution in [3.63, 3.8) is 0 Å². The minimum absolute atomic E-state index is 0.273. The molecule has 1 rings (SSSR count). The van der Waals surface area contributed by atoms with Crippen molar-refractivity contribution in [2.45, 2.75) is 18.6 Å². The van der Waals surface area contributed by atoms with E-state index in [2.05, 4.69) is 4.98 Å². The first-order chi connectivity index (χ1) is 8.30. The Hall–Kier alpha value is -2.12. The normalized spacial score (nSPS) is 12.8. The number of carboxylic acids is 1. The van der Waals surface area contributed by atoms with Gasteiger partial charge in [-0.2, -0.15) is 13.2 Å². The summed E-state index contributed by atoms with van der Waals surface area (Å²) in [5, 5.41) is 10.2. The standard InChI is InChI=1S/C10H9F3N2O3/c11-10(12,13)9(18)15-7(8(16)17)4-6-2-1-3-14-5-6/h1-3,5,7H,4H2,(H,15,18)(H,16,17)/t7-/m1/s1. The van der Waals surface area contributed by atoms with Crippen LogP contribution in [0.25, 0.3) is 0 Å². The molecule has 1 amide bonds. The highest BCUT2D eigenvalue weighted by atomic mass is 19.4. The summed E-state index contributed by atoms with van der Waals surface area (Å²) in [7, 11) is 0. The molecule has 2 N–H and O–H groups in total. The molecule has 0 fully saturated rings. The van der Waals surface area contributed by atoms with E-state index in [4.69, 9.17) is 5.11 Å². The van der Waals surface area contributed by atoms with Crippen molar-refractivity contribution in [2.24, 2.45) is 0 Å². The van der Waals surface area contributed by atoms with Crippen LogP contribution in [0.5, 0.6) is 0 Å². The number of aliphatic carboxylic acids is 1. The van der Waals surface area contributed by atoms with Crippen LogP contribution >= 0.6 is 0 Å². The highest BCUT2D eigenvalue weighted by molar-refractivity contribution is 5.87. The molecule has 98 valence electrons. The van der Waals surface area contributed by atoms with Crippen LogP contribution in [0.1, 0.15) is 5.56 Å². The smallest absolute Gasteiger partial charge is 0.471 e. The summed E-state index contributed by atoms with van der Waals surface area (Å²) in [5.74, 6) is -3.82. The minimum Gasteiger partial charge on any atom is -0.480 e. The Morgan fingerprint density at radius 2 is 2.11 bits per heavy atom. The number of nitrogens with one attached hydrogen (secondary N) is 1. The molecular formula is C10H9F3N2O3. The molecule has 0 saturated heterocycles. The second-order valence-corrected chi connectivity index (χ2v) is 3.43. The fraction of sp³-hybridized carbons (Fsp3) is 0.300. The Morgan fingerprint density at radius 3 is 2.56 bits per heavy atom. The van der Waals surface area contributed by atoms with E-state index >= 15 is 0 Å². The first kappa shape index (κ1) is 13.9. The van der Waals surface area contributed by atoms with Crippen LogP contribution < -0.4 is 5.32 Å². The van der Waals surface area contributed by atoms with Gasteiger partial charge in [0.25, 0.3) is 0 Å². The first-order valence-corrected chi connectivity index (χ1v) is 4.80. The highest BCUT2D eigenvalue weighted by Gasteiger charge is 2.40. The summed E-state index contributed by atoms with van der Waals surface area (Å²) in [5.41, 5.74) is 0.410. The fourth-order valence-electron chi connectivity index (χ4n) is 1.19. The predicted octanol–water partition coefficient (Wildman–Crippen LogP) is 0.756. The van der Waals surface area contributed by atoms with Crippen LogP contribution in [-0.4, -0.2) is 34.2 Å². The Morgan fingerprint density at radius 1 is 1.44 bits per heavy atom. The second-order valence-electron chi connectivity index (χ2n) is 3.43. The predicted molar refractivity (Wildman–Crippen MR) is 53.6 cm³/mol. The van der Waals surface area contributed by atoms with Gasteiger partial charge in [-0.05, 0) is 11.6 Å². The summed E-state index contributed by atoms with van der Waals surface area (Å²) >= 11 is 0. The van der Waals surface area contributed by atoms with Crippen LogP contribution in [0.2, 0.25) is 0 Å². The van der Waals surface area contributed by atoms with E-state index in [1.807, 2.05) is 0 Å². The number of rotatable bonds is 4. The van der Waals surface area contributed by atoms with Gasteiger partial charge in [-0.25, -0.2) is 4.79 Å². The van der Waals surface area contributed by atoms with Crippen LogP contribution in [0.4, 0.5) is 13.2 Å². The number of hydrogen-bond donors (Lipinski definition) is 2. The number of pyridine rings is 1. The molecule has 1 aromatic heterocycles. The molecule has 0 spiro atoms. The first-order valence-electron chi connectivity index (χ1n) is 4.80. The molecule has 1 aromatic rings. The van der Waals surface area contributed by atoms with E-state index in [1.165, 1.54) is 29.8 Å². The maximum Gasteiger partial charge on any atom is 0.471 e. The molecule has 1 atom stereocenters. The number of nitrogens with zero attached hydrogens (tertiary/aromatic N) is 1. The Balaban J connectivity index is 2.73. The zero-order chi connectivity index (χ0) is 13.8. The molecule has 0 saturated carbocycles. The molecule has 18 heavy (non-hydrogen) atoms. The molecule has 0 bridgehead atoms. The van der Waals surface area contributed by atoms with Gasteiger partial charge in [0.2, 0.25) is 0 Å². The van der Waals surface area contributed by atoms with Crippen molar-refractivity contribution in [2.75, 3.05) is 0 Å². The number of halogens is 3. The molecular weight excluding hydrogens is 253 g/mol. The molecule has 8 heteroatoms. The Bertz CT molecular complexity index is 434. The number of amides is 1. The van der Waals surface area contributed by atoms with E-state index in [-0.39, 0.29) is 6.42 Å². The molecule has 0 unspecified atom stereocenters. The van der Waals surface area contributed by atoms with Crippen LogP contribution in [0, 0.1) is 0 Å². The summed E-state index contributed by atoms with van der Waals surface area (Å²) in [6.07, 6.45) is -2.63. The summed E-state index contributed by atoms with van der Waals surface area (Å²) < 4.78 is 36.0. The van der Waals surface area contributed by atoms with Crippen molar-refractivity contribution in [1.82, 2.24) is 10.3 Å². The van der Waals surface area contributed by atoms with Gasteiger partial charge in [-0.3, -0.25) is 9.78 Å². The summed E-state index contributed by atoms with van der Waals surface area (Å²) in [6.45, 7) is 0. The lowest BCUT2D eigenvalue weighted by molar-refractivity contribution is -0.175. The Labute approximate surface area is 99.6 Å². The molecule has 0 aliphatic heterocycles. The zero-order valence-corrected chi connectivity index (χ0v) is 8.94. The van der Waals surface area contributed by atoms with Crippen LogP contribution in [0.15, 0.2) is 24.5 Å². The maximum absolute atomic E-state index is 12.0. The van der Waals surface area contributed by atoms with E-state index < -0.39 is 24.1 Å². The third-order valence-corrected chi connectivity index (χ3v) is 2.02. The lowest BCUT2D eigenvalue weighted by atomic mass is 10.1. The van der Waals surface area contributed by atoms with Gasteiger partial charge in [0, 0.05) is 18.8 Å². The quantitative estimate of drug-likeness (QED) is 0.839. The lowest BCUT2D eigenvalue weighted by Gasteiger charge is -2.15. The number of alkyl halides is 3. The highest BCUT2D eigenvalue weighted by Crippen LogP contribution is 2.15. The topological polar surface area (TPSA) is 79.3 Å². The Kier molecular flexibility index (Phi) is 4.24. The van der Waals surface area contributed by atoms with Crippen molar-refractivity contribution >= 4 is 11.9 Å². The number of hydrogen-bond acceptors (Lipinski definition) is 3. The largest absolute Gasteiger partial charge is 0.480 e. The maximum atomic E-state index is 12.0. The third kappa shape index (κ3) is 4.04. The number of carbonyl (C=O) groups excluding carboxylic acids is 1. The molecule has 0 radical (unpaired) electrons. The van der Waals surface area contributed by atoms with Crippen molar-refractivity contribution in [3.8, 4) is 0 Å². The van der Waals surface area contributed by atoms with Gasteiger partial charge < -0.3 is 10.4 Å². The molecule has 5 nitrogen and oxygen atoms in total. The van der Waals surface area contributed by atoms with E-state index in [1.54, 1.807) is 0 Å². The van der Waals surface area contributed by atoms with Crippen LogP contribution in [0.3, 0.4) is 0 Å². The minimum atomic E-state index is -5.11. The van der Waals surface area contributed by atoms with E-state index in [0.29, 0.717) is 5.56 Å². The number of carbonyl (C=O) groups is 2. The monoisotopic (exact) mass is 262 g/mol. The van der Waals surface area contributed by atoms with Gasteiger partial charge in [0.1, 0.15) is 6.04 Å². The van der Waals surface area contributed by atoms with Gasteiger partial charge in [0.15, 0.2) is 0 Å². The van der Waals surface area contributed by atoms with Crippen molar-refractivity contribution in [1.29, 1.82) is 0 Å². The average molecular weight is 262 g/mol. The lowest BCUT2D eigenvalue weighted by Crippen LogP contribution is -2.47.